The highest BCUT2D eigenvalue weighted by atomic mass is 35.5. The molecule has 4 nitrogen and oxygen atoms in total. The van der Waals surface area contributed by atoms with E-state index in [2.05, 4.69) is 4.90 Å². The van der Waals surface area contributed by atoms with Gasteiger partial charge in [-0.25, -0.2) is 0 Å². The summed E-state index contributed by atoms with van der Waals surface area (Å²) in [7, 11) is 0. The van der Waals surface area contributed by atoms with Crippen LogP contribution in [0.3, 0.4) is 0 Å². The molecule has 0 bridgehead atoms. The first kappa shape index (κ1) is 14.8. The Bertz CT molecular complexity index is 514. The Morgan fingerprint density at radius 2 is 1.95 bits per heavy atom. The molecule has 114 valence electrons. The van der Waals surface area contributed by atoms with Crippen molar-refractivity contribution in [1.82, 2.24) is 9.80 Å². The molecule has 21 heavy (non-hydrogen) atoms. The summed E-state index contributed by atoms with van der Waals surface area (Å²) in [4.78, 5) is 17.0. The molecule has 2 N–H and O–H groups in total. The van der Waals surface area contributed by atoms with Gasteiger partial charge in [-0.05, 0) is 50.6 Å². The molecule has 1 aromatic carbocycles. The van der Waals surface area contributed by atoms with E-state index < -0.39 is 0 Å². The normalized spacial score (nSPS) is 24.5. The first-order valence-corrected chi connectivity index (χ1v) is 8.06. The number of carbonyl (C=O) groups is 1. The minimum absolute atomic E-state index is 0.0914. The van der Waals surface area contributed by atoms with Crippen LogP contribution in [-0.4, -0.2) is 54.0 Å². The maximum absolute atomic E-state index is 12.5. The van der Waals surface area contributed by atoms with E-state index in [0.29, 0.717) is 22.7 Å². The summed E-state index contributed by atoms with van der Waals surface area (Å²) in [6.07, 6.45) is 3.19. The first-order valence-electron chi connectivity index (χ1n) is 7.68. The summed E-state index contributed by atoms with van der Waals surface area (Å²) < 4.78 is 0. The number of nitrogens with two attached hydrogens (primary N) is 1. The second kappa shape index (κ2) is 6.34. The zero-order chi connectivity index (χ0) is 14.8. The number of amides is 1. The van der Waals surface area contributed by atoms with Crippen LogP contribution in [0.4, 0.5) is 0 Å². The molecule has 0 saturated carbocycles. The van der Waals surface area contributed by atoms with Crippen LogP contribution < -0.4 is 5.73 Å². The van der Waals surface area contributed by atoms with Crippen molar-refractivity contribution < 1.29 is 4.79 Å². The van der Waals surface area contributed by atoms with Crippen molar-refractivity contribution in [3.8, 4) is 0 Å². The number of piperidine rings is 1. The summed E-state index contributed by atoms with van der Waals surface area (Å²) in [5.74, 6) is 0.0914. The Kier molecular flexibility index (Phi) is 4.48. The van der Waals surface area contributed by atoms with Crippen molar-refractivity contribution in [3.63, 3.8) is 0 Å². The lowest BCUT2D eigenvalue weighted by Gasteiger charge is -2.34. The molecule has 2 aliphatic rings. The van der Waals surface area contributed by atoms with Crippen LogP contribution in [0, 0.1) is 0 Å². The van der Waals surface area contributed by atoms with Gasteiger partial charge in [0.1, 0.15) is 0 Å². The number of rotatable bonds is 2. The lowest BCUT2D eigenvalue weighted by atomic mass is 10.0. The summed E-state index contributed by atoms with van der Waals surface area (Å²) in [5, 5.41) is 0.613. The van der Waals surface area contributed by atoms with E-state index in [0.717, 1.165) is 45.4 Å². The largest absolute Gasteiger partial charge is 0.337 e. The van der Waals surface area contributed by atoms with Gasteiger partial charge < -0.3 is 10.6 Å². The number of carbonyl (C=O) groups excluding carboxylic acids is 1. The minimum Gasteiger partial charge on any atom is -0.337 e. The number of benzene rings is 1. The molecule has 0 radical (unpaired) electrons. The number of likely N-dealkylation sites (tertiary alicyclic amines) is 2. The molecule has 3 rings (SSSR count). The highest BCUT2D eigenvalue weighted by molar-refractivity contribution is 6.30. The molecule has 2 fully saturated rings. The fourth-order valence-electron chi connectivity index (χ4n) is 3.31. The van der Waals surface area contributed by atoms with Gasteiger partial charge in [-0.2, -0.15) is 0 Å². The second-order valence-electron chi connectivity index (χ2n) is 6.08. The van der Waals surface area contributed by atoms with Gasteiger partial charge in [-0.1, -0.05) is 17.7 Å². The molecule has 0 aromatic heterocycles. The van der Waals surface area contributed by atoms with Gasteiger partial charge in [0.05, 0.1) is 0 Å². The fraction of sp³-hybridized carbons (Fsp3) is 0.562. The first-order chi connectivity index (χ1) is 10.1. The molecular formula is C16H22ClN3O. The van der Waals surface area contributed by atoms with Crippen molar-refractivity contribution >= 4 is 17.5 Å². The van der Waals surface area contributed by atoms with E-state index in [-0.39, 0.29) is 5.91 Å². The van der Waals surface area contributed by atoms with Crippen LogP contribution in [0.2, 0.25) is 5.02 Å². The molecule has 1 atom stereocenters. The van der Waals surface area contributed by atoms with E-state index in [1.165, 1.54) is 0 Å². The number of nitrogens with zero attached hydrogens (tertiary/aromatic N) is 2. The Hall–Kier alpha value is -1.10. The third-order valence-electron chi connectivity index (χ3n) is 4.61. The fourth-order valence-corrected chi connectivity index (χ4v) is 3.50. The third kappa shape index (κ3) is 3.39. The van der Waals surface area contributed by atoms with E-state index >= 15 is 0 Å². The lowest BCUT2D eigenvalue weighted by Crippen LogP contribution is -2.46. The number of halogens is 1. The summed E-state index contributed by atoms with van der Waals surface area (Å²) in [6, 6.07) is 8.04. The van der Waals surface area contributed by atoms with Crippen LogP contribution in [0.1, 0.15) is 29.6 Å². The van der Waals surface area contributed by atoms with Gasteiger partial charge in [0.15, 0.2) is 0 Å². The smallest absolute Gasteiger partial charge is 0.253 e. The zero-order valence-corrected chi connectivity index (χ0v) is 12.9. The highest BCUT2D eigenvalue weighted by Crippen LogP contribution is 2.22. The Morgan fingerprint density at radius 3 is 2.67 bits per heavy atom. The molecule has 0 aliphatic carbocycles. The topological polar surface area (TPSA) is 49.6 Å². The molecule has 1 aromatic rings. The van der Waals surface area contributed by atoms with E-state index in [1.54, 1.807) is 12.1 Å². The molecule has 5 heteroatoms. The van der Waals surface area contributed by atoms with Crippen LogP contribution in [0.15, 0.2) is 24.3 Å². The van der Waals surface area contributed by atoms with Gasteiger partial charge in [0.2, 0.25) is 0 Å². The quantitative estimate of drug-likeness (QED) is 0.909. The third-order valence-corrected chi connectivity index (χ3v) is 4.85. The van der Waals surface area contributed by atoms with Crippen molar-refractivity contribution in [2.45, 2.75) is 31.3 Å². The predicted octanol–water partition coefficient (Wildman–Crippen LogP) is 1.98. The minimum atomic E-state index is 0.0914. The van der Waals surface area contributed by atoms with E-state index in [4.69, 9.17) is 17.3 Å². The number of hydrogen-bond acceptors (Lipinski definition) is 3. The van der Waals surface area contributed by atoms with Crippen LogP contribution in [-0.2, 0) is 0 Å². The maximum atomic E-state index is 12.5. The molecule has 0 spiro atoms. The summed E-state index contributed by atoms with van der Waals surface area (Å²) in [6.45, 7) is 3.77. The van der Waals surface area contributed by atoms with Crippen LogP contribution in [0.5, 0.6) is 0 Å². The number of hydrogen-bond donors (Lipinski definition) is 1. The van der Waals surface area contributed by atoms with Crippen molar-refractivity contribution in [2.24, 2.45) is 5.73 Å². The van der Waals surface area contributed by atoms with E-state index in [1.807, 2.05) is 17.0 Å². The summed E-state index contributed by atoms with van der Waals surface area (Å²) in [5.41, 5.74) is 6.64. The average molecular weight is 308 g/mol. The van der Waals surface area contributed by atoms with Crippen LogP contribution >= 0.6 is 11.6 Å². The molecular weight excluding hydrogens is 286 g/mol. The molecule has 1 unspecified atom stereocenters. The lowest BCUT2D eigenvalue weighted by molar-refractivity contribution is 0.0769. The van der Waals surface area contributed by atoms with E-state index in [9.17, 15) is 4.79 Å². The Balaban J connectivity index is 1.60. The monoisotopic (exact) mass is 307 g/mol. The van der Waals surface area contributed by atoms with Crippen molar-refractivity contribution in [3.05, 3.63) is 34.9 Å². The zero-order valence-electron chi connectivity index (χ0n) is 12.2. The molecule has 2 aliphatic heterocycles. The van der Waals surface area contributed by atoms with Crippen molar-refractivity contribution in [2.75, 3.05) is 26.2 Å². The summed E-state index contributed by atoms with van der Waals surface area (Å²) >= 11 is 5.97. The van der Waals surface area contributed by atoms with Crippen molar-refractivity contribution in [1.29, 1.82) is 0 Å². The SMILES string of the molecule is NC1CCN(C2CCN(C(=O)c3cccc(Cl)c3)C2)CC1. The van der Waals surface area contributed by atoms with Crippen LogP contribution in [0.25, 0.3) is 0 Å². The standard InChI is InChI=1S/C16H22ClN3O/c17-13-3-1-2-12(10-13)16(21)20-9-6-15(11-20)19-7-4-14(18)5-8-19/h1-3,10,14-15H,4-9,11,18H2. The van der Waals surface area contributed by atoms with Gasteiger partial charge in [-0.15, -0.1) is 0 Å². The van der Waals surface area contributed by atoms with Gasteiger partial charge in [-0.3, -0.25) is 9.69 Å². The molecule has 2 heterocycles. The Labute approximate surface area is 130 Å². The maximum Gasteiger partial charge on any atom is 0.253 e. The predicted molar refractivity (Wildman–Crippen MR) is 84.5 cm³/mol. The molecule has 2 saturated heterocycles. The van der Waals surface area contributed by atoms with Gasteiger partial charge >= 0.3 is 0 Å². The second-order valence-corrected chi connectivity index (χ2v) is 6.51. The average Bonchev–Trinajstić information content (AvgIpc) is 2.97. The highest BCUT2D eigenvalue weighted by Gasteiger charge is 2.32. The van der Waals surface area contributed by atoms with Gasteiger partial charge in [0, 0.05) is 35.8 Å². The van der Waals surface area contributed by atoms with Gasteiger partial charge in [0.25, 0.3) is 5.91 Å². The molecule has 1 amide bonds. The Morgan fingerprint density at radius 1 is 1.19 bits per heavy atom.